The summed E-state index contributed by atoms with van der Waals surface area (Å²) in [4.78, 5) is 19.4. The normalized spacial score (nSPS) is 10.7. The molecule has 0 saturated carbocycles. The van der Waals surface area contributed by atoms with Crippen LogP contribution < -0.4 is 5.56 Å². The minimum atomic E-state index is -0.191. The lowest BCUT2D eigenvalue weighted by Gasteiger charge is -2.08. The second-order valence-corrected chi connectivity index (χ2v) is 5.92. The molecular formula is C19H17ClN2O. The first-order valence-corrected chi connectivity index (χ1v) is 7.92. The molecule has 1 heterocycles. The second-order valence-electron chi connectivity index (χ2n) is 5.51. The number of aromatic amines is 1. The molecule has 3 rings (SSSR count). The van der Waals surface area contributed by atoms with Crippen LogP contribution in [0.1, 0.15) is 18.1 Å². The van der Waals surface area contributed by atoms with Gasteiger partial charge in [-0.2, -0.15) is 0 Å². The summed E-state index contributed by atoms with van der Waals surface area (Å²) in [6.45, 7) is 4.10. The number of H-pyrrole nitrogens is 1. The Labute approximate surface area is 140 Å². The van der Waals surface area contributed by atoms with Crippen molar-refractivity contribution in [2.24, 2.45) is 0 Å². The lowest BCUT2D eigenvalue weighted by molar-refractivity contribution is 1.11. The first-order chi connectivity index (χ1) is 11.1. The average molecular weight is 325 g/mol. The smallest absolute Gasteiger partial charge is 0.251 e. The van der Waals surface area contributed by atoms with E-state index in [0.29, 0.717) is 16.5 Å². The zero-order valence-corrected chi connectivity index (χ0v) is 13.8. The van der Waals surface area contributed by atoms with Crippen molar-refractivity contribution in [1.29, 1.82) is 0 Å². The van der Waals surface area contributed by atoms with Gasteiger partial charge in [0.15, 0.2) is 0 Å². The number of halogens is 1. The largest absolute Gasteiger partial charge is 0.306 e. The molecule has 1 N–H and O–H groups in total. The minimum absolute atomic E-state index is 0.191. The molecule has 0 spiro atoms. The quantitative estimate of drug-likeness (QED) is 0.763. The highest BCUT2D eigenvalue weighted by molar-refractivity contribution is 6.33. The van der Waals surface area contributed by atoms with E-state index >= 15 is 0 Å². The van der Waals surface area contributed by atoms with Gasteiger partial charge in [-0.1, -0.05) is 54.4 Å². The van der Waals surface area contributed by atoms with Gasteiger partial charge in [0.1, 0.15) is 5.82 Å². The molecule has 0 atom stereocenters. The van der Waals surface area contributed by atoms with Crippen LogP contribution in [0.2, 0.25) is 5.02 Å². The van der Waals surface area contributed by atoms with Crippen molar-refractivity contribution in [2.75, 3.05) is 0 Å². The van der Waals surface area contributed by atoms with Crippen LogP contribution in [-0.4, -0.2) is 9.97 Å². The number of hydrogen-bond donors (Lipinski definition) is 1. The van der Waals surface area contributed by atoms with Gasteiger partial charge in [0.25, 0.3) is 5.56 Å². The van der Waals surface area contributed by atoms with Gasteiger partial charge in [-0.25, -0.2) is 4.98 Å². The SMILES string of the molecule is CCc1ccc(Cl)c(-c2nc(-c3ccc(C)cc3)cc(=O)[nH]2)c1. The van der Waals surface area contributed by atoms with Crippen LogP contribution in [0, 0.1) is 6.92 Å². The van der Waals surface area contributed by atoms with Crippen LogP contribution in [-0.2, 0) is 6.42 Å². The van der Waals surface area contributed by atoms with Gasteiger partial charge in [0.05, 0.1) is 10.7 Å². The van der Waals surface area contributed by atoms with E-state index in [0.717, 1.165) is 28.7 Å². The van der Waals surface area contributed by atoms with Crippen LogP contribution in [0.5, 0.6) is 0 Å². The molecule has 23 heavy (non-hydrogen) atoms. The predicted molar refractivity (Wildman–Crippen MR) is 94.9 cm³/mol. The minimum Gasteiger partial charge on any atom is -0.306 e. The summed E-state index contributed by atoms with van der Waals surface area (Å²) in [5.41, 5.74) is 4.42. The Morgan fingerprint density at radius 1 is 1.09 bits per heavy atom. The molecule has 0 unspecified atom stereocenters. The maximum atomic E-state index is 12.1. The molecular weight excluding hydrogens is 308 g/mol. The monoisotopic (exact) mass is 324 g/mol. The number of benzene rings is 2. The Bertz CT molecular complexity index is 898. The van der Waals surface area contributed by atoms with Crippen LogP contribution in [0.4, 0.5) is 0 Å². The van der Waals surface area contributed by atoms with Crippen molar-refractivity contribution in [3.8, 4) is 22.6 Å². The number of nitrogens with one attached hydrogen (secondary N) is 1. The zero-order valence-electron chi connectivity index (χ0n) is 13.1. The molecule has 0 saturated heterocycles. The van der Waals surface area contributed by atoms with E-state index in [9.17, 15) is 4.79 Å². The van der Waals surface area contributed by atoms with E-state index in [1.54, 1.807) is 0 Å². The van der Waals surface area contributed by atoms with Crippen molar-refractivity contribution in [1.82, 2.24) is 9.97 Å². The average Bonchev–Trinajstić information content (AvgIpc) is 2.55. The number of rotatable bonds is 3. The highest BCUT2D eigenvalue weighted by Gasteiger charge is 2.10. The Morgan fingerprint density at radius 3 is 2.52 bits per heavy atom. The van der Waals surface area contributed by atoms with E-state index in [-0.39, 0.29) is 5.56 Å². The summed E-state index contributed by atoms with van der Waals surface area (Å²) in [5.74, 6) is 0.494. The molecule has 0 aliphatic rings. The van der Waals surface area contributed by atoms with Crippen molar-refractivity contribution in [3.63, 3.8) is 0 Å². The standard InChI is InChI=1S/C19H17ClN2O/c1-3-13-6-9-16(20)15(10-13)19-21-17(11-18(23)22-19)14-7-4-12(2)5-8-14/h4-11H,3H2,1-2H3,(H,21,22,23). The fourth-order valence-electron chi connectivity index (χ4n) is 2.43. The second kappa shape index (κ2) is 6.39. The van der Waals surface area contributed by atoms with Gasteiger partial charge in [0, 0.05) is 17.2 Å². The molecule has 0 radical (unpaired) electrons. The highest BCUT2D eigenvalue weighted by Crippen LogP contribution is 2.27. The summed E-state index contributed by atoms with van der Waals surface area (Å²) in [7, 11) is 0. The Morgan fingerprint density at radius 2 is 1.83 bits per heavy atom. The predicted octanol–water partition coefficient (Wildman–Crippen LogP) is 4.63. The maximum absolute atomic E-state index is 12.1. The van der Waals surface area contributed by atoms with Gasteiger partial charge < -0.3 is 4.98 Å². The van der Waals surface area contributed by atoms with Gasteiger partial charge >= 0.3 is 0 Å². The van der Waals surface area contributed by atoms with Gasteiger partial charge in [0.2, 0.25) is 0 Å². The third kappa shape index (κ3) is 3.35. The molecule has 4 heteroatoms. The Kier molecular flexibility index (Phi) is 4.30. The molecule has 3 nitrogen and oxygen atoms in total. The van der Waals surface area contributed by atoms with Crippen molar-refractivity contribution >= 4 is 11.6 Å². The summed E-state index contributed by atoms with van der Waals surface area (Å²) < 4.78 is 0. The topological polar surface area (TPSA) is 45.8 Å². The highest BCUT2D eigenvalue weighted by atomic mass is 35.5. The molecule has 0 fully saturated rings. The van der Waals surface area contributed by atoms with Crippen LogP contribution in [0.3, 0.4) is 0 Å². The summed E-state index contributed by atoms with van der Waals surface area (Å²) in [6, 6.07) is 15.2. The lowest BCUT2D eigenvalue weighted by Crippen LogP contribution is -2.09. The van der Waals surface area contributed by atoms with E-state index in [2.05, 4.69) is 16.9 Å². The summed E-state index contributed by atoms with van der Waals surface area (Å²) in [6.07, 6.45) is 0.895. The molecule has 3 aromatic rings. The molecule has 0 bridgehead atoms. The Balaban J connectivity index is 2.15. The van der Waals surface area contributed by atoms with Crippen LogP contribution in [0.25, 0.3) is 22.6 Å². The van der Waals surface area contributed by atoms with Crippen molar-refractivity contribution in [3.05, 3.63) is 75.0 Å². The number of nitrogens with zero attached hydrogens (tertiary/aromatic N) is 1. The molecule has 2 aromatic carbocycles. The molecule has 0 amide bonds. The fourth-order valence-corrected chi connectivity index (χ4v) is 2.64. The van der Waals surface area contributed by atoms with E-state index in [1.807, 2.05) is 49.4 Å². The third-order valence-corrected chi connectivity index (χ3v) is 4.11. The fraction of sp³-hybridized carbons (Fsp3) is 0.158. The number of aromatic nitrogens is 2. The molecule has 0 aliphatic carbocycles. The van der Waals surface area contributed by atoms with E-state index in [4.69, 9.17) is 11.6 Å². The van der Waals surface area contributed by atoms with Gasteiger partial charge in [-0.3, -0.25) is 4.79 Å². The van der Waals surface area contributed by atoms with E-state index < -0.39 is 0 Å². The maximum Gasteiger partial charge on any atom is 0.251 e. The Hall–Kier alpha value is -2.39. The third-order valence-electron chi connectivity index (χ3n) is 3.78. The molecule has 116 valence electrons. The summed E-state index contributed by atoms with van der Waals surface area (Å²) >= 11 is 6.30. The van der Waals surface area contributed by atoms with E-state index in [1.165, 1.54) is 6.07 Å². The first kappa shape index (κ1) is 15.5. The molecule has 0 aliphatic heterocycles. The van der Waals surface area contributed by atoms with Gasteiger partial charge in [-0.15, -0.1) is 0 Å². The van der Waals surface area contributed by atoms with Crippen molar-refractivity contribution in [2.45, 2.75) is 20.3 Å². The van der Waals surface area contributed by atoms with Crippen molar-refractivity contribution < 1.29 is 0 Å². The number of hydrogen-bond acceptors (Lipinski definition) is 2. The zero-order chi connectivity index (χ0) is 16.4. The summed E-state index contributed by atoms with van der Waals surface area (Å²) in [5, 5.41) is 0.575. The van der Waals surface area contributed by atoms with Crippen LogP contribution in [0.15, 0.2) is 53.3 Å². The van der Waals surface area contributed by atoms with Crippen LogP contribution >= 0.6 is 11.6 Å². The number of aryl methyl sites for hydroxylation is 2. The lowest BCUT2D eigenvalue weighted by atomic mass is 10.1. The first-order valence-electron chi connectivity index (χ1n) is 7.54. The molecule has 1 aromatic heterocycles. The van der Waals surface area contributed by atoms with Gasteiger partial charge in [-0.05, 0) is 31.0 Å².